The molecule has 1 unspecified atom stereocenters. The Hall–Kier alpha value is -3.06. The van der Waals surface area contributed by atoms with Crippen LogP contribution in [0.25, 0.3) is 11.4 Å². The molecule has 4 rings (SSSR count). The van der Waals surface area contributed by atoms with Crippen molar-refractivity contribution in [3.8, 4) is 11.4 Å². The average molecular weight is 425 g/mol. The average Bonchev–Trinajstić information content (AvgIpc) is 3.41. The molecule has 0 spiro atoms. The molecule has 1 aliphatic rings. The largest absolute Gasteiger partial charge is 0.369 e. The molecule has 1 aromatic heterocycles. The summed E-state index contributed by atoms with van der Waals surface area (Å²) in [5.74, 6) is 1.72. The molecule has 0 saturated carbocycles. The number of nitrogens with one attached hydrogen (secondary N) is 2. The molecule has 0 aliphatic carbocycles. The van der Waals surface area contributed by atoms with Crippen LogP contribution in [0.15, 0.2) is 58.0 Å². The van der Waals surface area contributed by atoms with Gasteiger partial charge in [-0.3, -0.25) is 4.99 Å². The topological polar surface area (TPSA) is 78.6 Å². The first-order valence-corrected chi connectivity index (χ1v) is 10.4. The van der Waals surface area contributed by atoms with Gasteiger partial charge in [-0.25, -0.2) is 0 Å². The molecule has 2 heterocycles. The lowest BCUT2D eigenvalue weighted by Gasteiger charge is -2.20. The summed E-state index contributed by atoms with van der Waals surface area (Å²) in [6.45, 7) is 4.45. The van der Waals surface area contributed by atoms with Gasteiger partial charge in [0.1, 0.15) is 0 Å². The number of benzene rings is 2. The van der Waals surface area contributed by atoms with Crippen LogP contribution in [0, 0.1) is 6.92 Å². The quantitative estimate of drug-likeness (QED) is 0.481. The second-order valence-corrected chi connectivity index (χ2v) is 7.80. The van der Waals surface area contributed by atoms with Crippen LogP contribution in [-0.2, 0) is 6.54 Å². The number of rotatable bonds is 5. The number of aryl methyl sites for hydroxylation is 1. The molecule has 3 aromatic rings. The molecular formula is C22H25ClN6O. The maximum absolute atomic E-state index is 6.03. The molecule has 156 valence electrons. The van der Waals surface area contributed by atoms with Crippen molar-refractivity contribution in [1.29, 1.82) is 0 Å². The van der Waals surface area contributed by atoms with Crippen LogP contribution in [-0.4, -0.2) is 42.3 Å². The number of hydrogen-bond acceptors (Lipinski definition) is 5. The van der Waals surface area contributed by atoms with Gasteiger partial charge in [-0.2, -0.15) is 4.98 Å². The van der Waals surface area contributed by atoms with Gasteiger partial charge < -0.3 is 20.1 Å². The normalized spacial score (nSPS) is 16.7. The van der Waals surface area contributed by atoms with Crippen molar-refractivity contribution in [3.05, 3.63) is 65.0 Å². The maximum atomic E-state index is 6.03. The summed E-state index contributed by atoms with van der Waals surface area (Å²) in [6.07, 6.45) is 1.05. The van der Waals surface area contributed by atoms with Gasteiger partial charge in [0.15, 0.2) is 5.96 Å². The highest BCUT2D eigenvalue weighted by atomic mass is 35.5. The summed E-state index contributed by atoms with van der Waals surface area (Å²) in [6, 6.07) is 16.4. The molecule has 0 amide bonds. The van der Waals surface area contributed by atoms with Gasteiger partial charge in [0, 0.05) is 42.5 Å². The van der Waals surface area contributed by atoms with Crippen LogP contribution in [0.5, 0.6) is 0 Å². The zero-order chi connectivity index (χ0) is 20.9. The van der Waals surface area contributed by atoms with Crippen molar-refractivity contribution in [2.45, 2.75) is 25.9 Å². The predicted molar refractivity (Wildman–Crippen MR) is 120 cm³/mol. The van der Waals surface area contributed by atoms with E-state index < -0.39 is 0 Å². The fourth-order valence-electron chi connectivity index (χ4n) is 3.49. The van der Waals surface area contributed by atoms with Crippen molar-refractivity contribution < 1.29 is 4.52 Å². The first kappa shape index (κ1) is 20.2. The molecular weight excluding hydrogens is 400 g/mol. The number of hydrogen-bond donors (Lipinski definition) is 2. The summed E-state index contributed by atoms with van der Waals surface area (Å²) in [7, 11) is 1.76. The third-order valence-electron chi connectivity index (χ3n) is 5.11. The highest BCUT2D eigenvalue weighted by Crippen LogP contribution is 2.21. The summed E-state index contributed by atoms with van der Waals surface area (Å²) in [4.78, 5) is 11.1. The highest BCUT2D eigenvalue weighted by Gasteiger charge is 2.23. The van der Waals surface area contributed by atoms with Gasteiger partial charge in [0.2, 0.25) is 11.7 Å². The number of aromatic nitrogens is 2. The minimum atomic E-state index is 0.321. The number of nitrogens with zero attached hydrogens (tertiary/aromatic N) is 4. The smallest absolute Gasteiger partial charge is 0.246 e. The summed E-state index contributed by atoms with van der Waals surface area (Å²) in [5.41, 5.74) is 3.35. The van der Waals surface area contributed by atoms with E-state index in [0.29, 0.717) is 35.3 Å². The number of halogens is 1. The van der Waals surface area contributed by atoms with Crippen LogP contribution >= 0.6 is 11.6 Å². The standard InChI is InChI=1S/C22H25ClN6O/c1-15-6-8-19(9-7-15)29-11-10-18(14-29)26-22(24-2)25-13-20-27-21(28-30-20)16-4-3-5-17(23)12-16/h3-9,12,18H,10-11,13-14H2,1-2H3,(H2,24,25,26). The second kappa shape index (κ2) is 9.17. The van der Waals surface area contributed by atoms with Crippen molar-refractivity contribution in [3.63, 3.8) is 0 Å². The first-order chi connectivity index (χ1) is 14.6. The summed E-state index contributed by atoms with van der Waals surface area (Å²) in [5, 5.41) is 11.4. The zero-order valence-corrected chi connectivity index (χ0v) is 17.9. The van der Waals surface area contributed by atoms with Crippen molar-refractivity contribution in [1.82, 2.24) is 20.8 Å². The van der Waals surface area contributed by atoms with Crippen molar-refractivity contribution in [2.24, 2.45) is 4.99 Å². The Morgan fingerprint density at radius 2 is 2.10 bits per heavy atom. The Labute approximate surface area is 181 Å². The van der Waals surface area contributed by atoms with Gasteiger partial charge in [-0.15, -0.1) is 0 Å². The molecule has 2 aromatic carbocycles. The van der Waals surface area contributed by atoms with Crippen LogP contribution in [0.3, 0.4) is 0 Å². The zero-order valence-electron chi connectivity index (χ0n) is 17.1. The Bertz CT molecular complexity index is 1020. The molecule has 7 nitrogen and oxygen atoms in total. The lowest BCUT2D eigenvalue weighted by Crippen LogP contribution is -2.44. The van der Waals surface area contributed by atoms with Gasteiger partial charge in [-0.1, -0.05) is 46.6 Å². The lowest BCUT2D eigenvalue weighted by molar-refractivity contribution is 0.375. The van der Waals surface area contributed by atoms with E-state index in [0.717, 1.165) is 25.1 Å². The Kier molecular flexibility index (Phi) is 6.18. The molecule has 1 saturated heterocycles. The summed E-state index contributed by atoms with van der Waals surface area (Å²) >= 11 is 6.03. The molecule has 1 fully saturated rings. The SMILES string of the molecule is CN=C(NCc1nc(-c2cccc(Cl)c2)no1)NC1CCN(c2ccc(C)cc2)C1. The molecule has 0 bridgehead atoms. The first-order valence-electron chi connectivity index (χ1n) is 9.98. The fraction of sp³-hybridized carbons (Fsp3) is 0.318. The van der Waals surface area contributed by atoms with Crippen molar-refractivity contribution >= 4 is 23.2 Å². The molecule has 1 atom stereocenters. The minimum Gasteiger partial charge on any atom is -0.369 e. The molecule has 8 heteroatoms. The molecule has 1 aliphatic heterocycles. The fourth-order valence-corrected chi connectivity index (χ4v) is 3.68. The van der Waals surface area contributed by atoms with E-state index >= 15 is 0 Å². The minimum absolute atomic E-state index is 0.321. The van der Waals surface area contributed by atoms with Crippen LogP contribution in [0.2, 0.25) is 5.02 Å². The van der Waals surface area contributed by atoms with E-state index in [1.807, 2.05) is 24.3 Å². The highest BCUT2D eigenvalue weighted by molar-refractivity contribution is 6.30. The molecule has 0 radical (unpaired) electrons. The number of aliphatic imine (C=N–C) groups is 1. The Morgan fingerprint density at radius 1 is 1.27 bits per heavy atom. The van der Waals surface area contributed by atoms with E-state index in [4.69, 9.17) is 16.1 Å². The number of guanidine groups is 1. The van der Waals surface area contributed by atoms with E-state index in [1.165, 1.54) is 11.3 Å². The molecule has 2 N–H and O–H groups in total. The van der Waals surface area contributed by atoms with E-state index in [2.05, 4.69) is 61.9 Å². The van der Waals surface area contributed by atoms with Crippen LogP contribution < -0.4 is 15.5 Å². The van der Waals surface area contributed by atoms with E-state index in [1.54, 1.807) is 7.05 Å². The Balaban J connectivity index is 1.30. The third kappa shape index (κ3) is 4.91. The predicted octanol–water partition coefficient (Wildman–Crippen LogP) is 3.64. The maximum Gasteiger partial charge on any atom is 0.246 e. The Morgan fingerprint density at radius 3 is 2.87 bits per heavy atom. The molecule has 30 heavy (non-hydrogen) atoms. The van der Waals surface area contributed by atoms with Gasteiger partial charge >= 0.3 is 0 Å². The van der Waals surface area contributed by atoms with Gasteiger partial charge in [-0.05, 0) is 37.6 Å². The van der Waals surface area contributed by atoms with Crippen LogP contribution in [0.4, 0.5) is 5.69 Å². The van der Waals surface area contributed by atoms with Gasteiger partial charge in [0.25, 0.3) is 0 Å². The van der Waals surface area contributed by atoms with Gasteiger partial charge in [0.05, 0.1) is 6.54 Å². The number of anilines is 1. The lowest BCUT2D eigenvalue weighted by atomic mass is 10.2. The van der Waals surface area contributed by atoms with Crippen molar-refractivity contribution in [2.75, 3.05) is 25.0 Å². The van der Waals surface area contributed by atoms with E-state index in [-0.39, 0.29) is 0 Å². The second-order valence-electron chi connectivity index (χ2n) is 7.36. The van der Waals surface area contributed by atoms with Crippen LogP contribution in [0.1, 0.15) is 17.9 Å². The third-order valence-corrected chi connectivity index (χ3v) is 5.34. The van der Waals surface area contributed by atoms with E-state index in [9.17, 15) is 0 Å². The monoisotopic (exact) mass is 424 g/mol. The summed E-state index contributed by atoms with van der Waals surface area (Å²) < 4.78 is 5.35.